The van der Waals surface area contributed by atoms with Crippen molar-refractivity contribution in [1.29, 1.82) is 0 Å². The molecule has 1 aliphatic carbocycles. The largest absolute Gasteiger partial charge is 0.332 e. The minimum Gasteiger partial charge on any atom is -0.332 e. The van der Waals surface area contributed by atoms with Crippen LogP contribution in [-0.4, -0.2) is 5.11 Å². The lowest BCUT2D eigenvalue weighted by Gasteiger charge is -2.14. The van der Waals surface area contributed by atoms with Crippen LogP contribution in [0.2, 0.25) is 0 Å². The Morgan fingerprint density at radius 2 is 1.67 bits per heavy atom. The van der Waals surface area contributed by atoms with Gasteiger partial charge in [0.15, 0.2) is 5.11 Å². The first-order valence-corrected chi connectivity index (χ1v) is 7.65. The van der Waals surface area contributed by atoms with Crippen molar-refractivity contribution in [2.45, 2.75) is 19.3 Å². The van der Waals surface area contributed by atoms with Crippen molar-refractivity contribution in [2.24, 2.45) is 0 Å². The SMILES string of the molecule is S=C(Nc1ccccc1)Nc1ccccc1C1=CCCC1. The molecule has 1 aliphatic rings. The number of para-hydroxylation sites is 2. The maximum atomic E-state index is 5.41. The molecule has 0 fully saturated rings. The quantitative estimate of drug-likeness (QED) is 0.773. The molecule has 3 rings (SSSR count). The summed E-state index contributed by atoms with van der Waals surface area (Å²) in [5, 5.41) is 7.14. The predicted octanol–water partition coefficient (Wildman–Crippen LogP) is 5.06. The van der Waals surface area contributed by atoms with Gasteiger partial charge in [-0.05, 0) is 55.3 Å². The van der Waals surface area contributed by atoms with Crippen molar-refractivity contribution in [2.75, 3.05) is 10.6 Å². The van der Waals surface area contributed by atoms with Gasteiger partial charge in [-0.25, -0.2) is 0 Å². The Hall–Kier alpha value is -2.13. The lowest BCUT2D eigenvalue weighted by Crippen LogP contribution is -2.19. The maximum Gasteiger partial charge on any atom is 0.175 e. The van der Waals surface area contributed by atoms with E-state index in [1.807, 2.05) is 36.4 Å². The summed E-state index contributed by atoms with van der Waals surface area (Å²) in [5.74, 6) is 0. The molecule has 106 valence electrons. The Morgan fingerprint density at radius 3 is 2.43 bits per heavy atom. The Kier molecular flexibility index (Phi) is 4.31. The number of hydrogen-bond donors (Lipinski definition) is 2. The van der Waals surface area contributed by atoms with Gasteiger partial charge in [0.1, 0.15) is 0 Å². The van der Waals surface area contributed by atoms with Crippen LogP contribution >= 0.6 is 12.2 Å². The minimum atomic E-state index is 0.618. The van der Waals surface area contributed by atoms with E-state index < -0.39 is 0 Å². The van der Waals surface area contributed by atoms with Crippen LogP contribution in [-0.2, 0) is 0 Å². The molecule has 0 bridgehead atoms. The molecular formula is C18H18N2S. The standard InChI is InChI=1S/C18H18N2S/c21-18(19-15-10-2-1-3-11-15)20-17-13-7-6-12-16(17)14-8-4-5-9-14/h1-3,6-8,10-13H,4-5,9H2,(H2,19,20,21). The summed E-state index contributed by atoms with van der Waals surface area (Å²) >= 11 is 5.41. The van der Waals surface area contributed by atoms with E-state index in [9.17, 15) is 0 Å². The highest BCUT2D eigenvalue weighted by Crippen LogP contribution is 2.32. The molecule has 21 heavy (non-hydrogen) atoms. The Morgan fingerprint density at radius 1 is 0.905 bits per heavy atom. The zero-order chi connectivity index (χ0) is 14.5. The van der Waals surface area contributed by atoms with Crippen LogP contribution in [0.3, 0.4) is 0 Å². The summed E-state index contributed by atoms with van der Waals surface area (Å²) in [4.78, 5) is 0. The molecule has 0 aromatic heterocycles. The fourth-order valence-corrected chi connectivity index (χ4v) is 2.82. The Labute approximate surface area is 130 Å². The van der Waals surface area contributed by atoms with Crippen LogP contribution < -0.4 is 10.6 Å². The van der Waals surface area contributed by atoms with Gasteiger partial charge in [0, 0.05) is 16.9 Å². The van der Waals surface area contributed by atoms with Gasteiger partial charge in [-0.3, -0.25) is 0 Å². The van der Waals surface area contributed by atoms with E-state index in [1.54, 1.807) is 0 Å². The number of hydrogen-bond acceptors (Lipinski definition) is 1. The third-order valence-electron chi connectivity index (χ3n) is 3.59. The molecule has 0 radical (unpaired) electrons. The molecule has 0 atom stereocenters. The van der Waals surface area contributed by atoms with E-state index in [4.69, 9.17) is 12.2 Å². The maximum absolute atomic E-state index is 5.41. The van der Waals surface area contributed by atoms with Crippen molar-refractivity contribution < 1.29 is 0 Å². The highest BCUT2D eigenvalue weighted by Gasteiger charge is 2.11. The van der Waals surface area contributed by atoms with Crippen molar-refractivity contribution in [3.63, 3.8) is 0 Å². The number of nitrogens with one attached hydrogen (secondary N) is 2. The van der Waals surface area contributed by atoms with Crippen molar-refractivity contribution >= 4 is 34.3 Å². The van der Waals surface area contributed by atoms with Crippen LogP contribution in [0.5, 0.6) is 0 Å². The van der Waals surface area contributed by atoms with E-state index in [0.29, 0.717) is 5.11 Å². The summed E-state index contributed by atoms with van der Waals surface area (Å²) in [6.45, 7) is 0. The average molecular weight is 294 g/mol. The fraction of sp³-hybridized carbons (Fsp3) is 0.167. The van der Waals surface area contributed by atoms with Crippen molar-refractivity contribution in [3.05, 3.63) is 66.2 Å². The molecule has 3 heteroatoms. The normalized spacial score (nSPS) is 13.6. The Balaban J connectivity index is 1.74. The molecule has 0 heterocycles. The first-order valence-electron chi connectivity index (χ1n) is 7.24. The van der Waals surface area contributed by atoms with E-state index in [1.165, 1.54) is 24.0 Å². The van der Waals surface area contributed by atoms with Gasteiger partial charge in [0.2, 0.25) is 0 Å². The van der Waals surface area contributed by atoms with Crippen LogP contribution in [0, 0.1) is 0 Å². The van der Waals surface area contributed by atoms with Crippen LogP contribution in [0.15, 0.2) is 60.7 Å². The third-order valence-corrected chi connectivity index (χ3v) is 3.80. The van der Waals surface area contributed by atoms with Gasteiger partial charge in [-0.15, -0.1) is 0 Å². The summed E-state index contributed by atoms with van der Waals surface area (Å²) in [7, 11) is 0. The summed E-state index contributed by atoms with van der Waals surface area (Å²) in [6.07, 6.45) is 5.90. The molecule has 2 nitrogen and oxygen atoms in total. The van der Waals surface area contributed by atoms with Gasteiger partial charge < -0.3 is 10.6 Å². The van der Waals surface area contributed by atoms with Gasteiger partial charge >= 0.3 is 0 Å². The summed E-state index contributed by atoms with van der Waals surface area (Å²) in [6, 6.07) is 18.3. The minimum absolute atomic E-state index is 0.618. The van der Waals surface area contributed by atoms with Crippen LogP contribution in [0.25, 0.3) is 5.57 Å². The number of rotatable bonds is 3. The molecule has 0 spiro atoms. The fourth-order valence-electron chi connectivity index (χ4n) is 2.59. The van der Waals surface area contributed by atoms with Gasteiger partial charge in [0.05, 0.1) is 0 Å². The molecule has 0 saturated carbocycles. The average Bonchev–Trinajstić information content (AvgIpc) is 3.03. The molecule has 2 aromatic carbocycles. The first-order chi connectivity index (χ1) is 10.3. The summed E-state index contributed by atoms with van der Waals surface area (Å²) in [5.41, 5.74) is 4.74. The van der Waals surface area contributed by atoms with Gasteiger partial charge in [-0.2, -0.15) is 0 Å². The van der Waals surface area contributed by atoms with Gasteiger partial charge in [0.25, 0.3) is 0 Å². The van der Waals surface area contributed by atoms with E-state index in [0.717, 1.165) is 17.8 Å². The molecule has 2 N–H and O–H groups in total. The molecule has 0 aliphatic heterocycles. The predicted molar refractivity (Wildman–Crippen MR) is 94.6 cm³/mol. The number of allylic oxidation sites excluding steroid dienone is 2. The molecule has 0 unspecified atom stereocenters. The Bertz CT molecular complexity index is 662. The first kappa shape index (κ1) is 13.8. The van der Waals surface area contributed by atoms with Crippen molar-refractivity contribution in [1.82, 2.24) is 0 Å². The lowest BCUT2D eigenvalue weighted by molar-refractivity contribution is 0.935. The molecule has 2 aromatic rings. The molecule has 0 amide bonds. The summed E-state index contributed by atoms with van der Waals surface area (Å²) < 4.78 is 0. The van der Waals surface area contributed by atoms with E-state index in [2.05, 4.69) is 34.9 Å². The third kappa shape index (κ3) is 3.50. The molecule has 0 saturated heterocycles. The van der Waals surface area contributed by atoms with Gasteiger partial charge in [-0.1, -0.05) is 42.5 Å². The number of benzene rings is 2. The topological polar surface area (TPSA) is 24.1 Å². The van der Waals surface area contributed by atoms with E-state index in [-0.39, 0.29) is 0 Å². The number of thiocarbonyl (C=S) groups is 1. The second kappa shape index (κ2) is 6.55. The van der Waals surface area contributed by atoms with Crippen LogP contribution in [0.4, 0.5) is 11.4 Å². The van der Waals surface area contributed by atoms with E-state index >= 15 is 0 Å². The van der Waals surface area contributed by atoms with Crippen molar-refractivity contribution in [3.8, 4) is 0 Å². The smallest absolute Gasteiger partial charge is 0.175 e. The highest BCUT2D eigenvalue weighted by molar-refractivity contribution is 7.80. The van der Waals surface area contributed by atoms with Crippen LogP contribution in [0.1, 0.15) is 24.8 Å². The zero-order valence-electron chi connectivity index (χ0n) is 11.8. The number of anilines is 2. The zero-order valence-corrected chi connectivity index (χ0v) is 12.6. The second-order valence-corrected chi connectivity index (χ2v) is 5.52. The monoisotopic (exact) mass is 294 g/mol. The highest BCUT2D eigenvalue weighted by atomic mass is 32.1. The second-order valence-electron chi connectivity index (χ2n) is 5.11. The molecular weight excluding hydrogens is 276 g/mol. The lowest BCUT2D eigenvalue weighted by atomic mass is 10.0.